The first-order valence-electron chi connectivity index (χ1n) is 5.28. The number of H-pyrrole nitrogens is 1. The van der Waals surface area contributed by atoms with Crippen molar-refractivity contribution in [1.29, 1.82) is 5.26 Å². The van der Waals surface area contributed by atoms with E-state index in [9.17, 15) is 4.39 Å². The Hall–Kier alpha value is -2.74. The van der Waals surface area contributed by atoms with Crippen LogP contribution in [0.15, 0.2) is 36.5 Å². The van der Waals surface area contributed by atoms with Crippen LogP contribution in [0.3, 0.4) is 0 Å². The van der Waals surface area contributed by atoms with E-state index in [1.165, 1.54) is 6.07 Å². The largest absolute Gasteiger partial charge is 0.337 e. The second-order valence-electron chi connectivity index (χ2n) is 3.76. The molecular weight excluding hydrogens is 231 g/mol. The lowest BCUT2D eigenvalue weighted by Crippen LogP contribution is -1.86. The summed E-state index contributed by atoms with van der Waals surface area (Å²) in [5, 5.41) is 8.98. The van der Waals surface area contributed by atoms with E-state index in [0.29, 0.717) is 22.6 Å². The van der Waals surface area contributed by atoms with Gasteiger partial charge in [0.2, 0.25) is 0 Å². The van der Waals surface area contributed by atoms with Crippen molar-refractivity contribution < 1.29 is 4.39 Å². The van der Waals surface area contributed by atoms with Crippen molar-refractivity contribution in [2.45, 2.75) is 0 Å². The lowest BCUT2D eigenvalue weighted by Gasteiger charge is -1.93. The first-order chi connectivity index (χ1) is 8.78. The lowest BCUT2D eigenvalue weighted by molar-refractivity contribution is 0.621. The highest BCUT2D eigenvalue weighted by atomic mass is 19.1. The first kappa shape index (κ1) is 10.4. The summed E-state index contributed by atoms with van der Waals surface area (Å²) in [7, 11) is 0. The molecule has 0 aliphatic heterocycles. The Morgan fingerprint density at radius 1 is 1.22 bits per heavy atom. The van der Waals surface area contributed by atoms with Gasteiger partial charge in [-0.15, -0.1) is 0 Å². The molecule has 0 saturated heterocycles. The molecule has 0 saturated carbocycles. The monoisotopic (exact) mass is 238 g/mol. The molecule has 18 heavy (non-hydrogen) atoms. The molecule has 3 rings (SSSR count). The zero-order chi connectivity index (χ0) is 12.5. The number of hydrogen-bond donors (Lipinski definition) is 1. The zero-order valence-electron chi connectivity index (χ0n) is 9.18. The minimum absolute atomic E-state index is 0.396. The molecule has 5 heteroatoms. The number of nitrogens with zero attached hydrogens (tertiary/aromatic N) is 3. The number of benzene rings is 1. The summed E-state index contributed by atoms with van der Waals surface area (Å²) in [5.41, 5.74) is 2.39. The quantitative estimate of drug-likeness (QED) is 0.708. The number of rotatable bonds is 1. The van der Waals surface area contributed by atoms with Crippen molar-refractivity contribution in [3.05, 3.63) is 47.9 Å². The number of pyridine rings is 1. The van der Waals surface area contributed by atoms with Crippen LogP contribution in [0.1, 0.15) is 5.56 Å². The van der Waals surface area contributed by atoms with Gasteiger partial charge in [0, 0.05) is 0 Å². The average molecular weight is 238 g/mol. The summed E-state index contributed by atoms with van der Waals surface area (Å²) in [5.74, 6) is 0.125. The number of nitrogens with one attached hydrogen (secondary N) is 1. The van der Waals surface area contributed by atoms with Crippen molar-refractivity contribution in [3.63, 3.8) is 0 Å². The van der Waals surface area contributed by atoms with E-state index >= 15 is 0 Å². The highest BCUT2D eigenvalue weighted by molar-refractivity contribution is 5.84. The number of para-hydroxylation sites is 1. The lowest BCUT2D eigenvalue weighted by atomic mass is 10.2. The molecule has 0 spiro atoms. The number of aromatic nitrogens is 3. The Morgan fingerprint density at radius 3 is 2.83 bits per heavy atom. The van der Waals surface area contributed by atoms with Crippen molar-refractivity contribution in [2.75, 3.05) is 0 Å². The second kappa shape index (κ2) is 3.93. The highest BCUT2D eigenvalue weighted by Crippen LogP contribution is 2.21. The van der Waals surface area contributed by atoms with Crippen LogP contribution in [0, 0.1) is 17.1 Å². The van der Waals surface area contributed by atoms with Crippen molar-refractivity contribution in [1.82, 2.24) is 15.0 Å². The van der Waals surface area contributed by atoms with E-state index in [2.05, 4.69) is 21.0 Å². The standard InChI is InChI=1S/C13H7FN4/c14-9-4-5-11(16-7-9)13-17-10-3-1-2-8(6-15)12(10)18-13/h1-5,7H,(H,17,18). The molecule has 4 nitrogen and oxygen atoms in total. The van der Waals surface area contributed by atoms with E-state index < -0.39 is 5.82 Å². The minimum Gasteiger partial charge on any atom is -0.337 e. The van der Waals surface area contributed by atoms with Crippen LogP contribution in [0.4, 0.5) is 4.39 Å². The van der Waals surface area contributed by atoms with Gasteiger partial charge in [-0.3, -0.25) is 0 Å². The maximum Gasteiger partial charge on any atom is 0.157 e. The molecule has 0 fully saturated rings. The van der Waals surface area contributed by atoms with Gasteiger partial charge in [0.05, 0.1) is 17.3 Å². The number of aromatic amines is 1. The Kier molecular flexibility index (Phi) is 2.27. The summed E-state index contributed by atoms with van der Waals surface area (Å²) in [4.78, 5) is 11.3. The van der Waals surface area contributed by atoms with Gasteiger partial charge in [-0.2, -0.15) is 5.26 Å². The molecule has 0 bridgehead atoms. The predicted molar refractivity (Wildman–Crippen MR) is 64.0 cm³/mol. The van der Waals surface area contributed by atoms with Crippen LogP contribution in [-0.4, -0.2) is 15.0 Å². The highest BCUT2D eigenvalue weighted by Gasteiger charge is 2.09. The minimum atomic E-state index is -0.396. The summed E-state index contributed by atoms with van der Waals surface area (Å²) in [6.45, 7) is 0. The molecule has 2 aromatic heterocycles. The molecule has 0 radical (unpaired) electrons. The fourth-order valence-corrected chi connectivity index (χ4v) is 1.76. The summed E-state index contributed by atoms with van der Waals surface area (Å²) in [6.07, 6.45) is 1.13. The molecule has 0 amide bonds. The fraction of sp³-hybridized carbons (Fsp3) is 0. The number of imidazole rings is 1. The van der Waals surface area contributed by atoms with Gasteiger partial charge in [-0.05, 0) is 24.3 Å². The number of fused-ring (bicyclic) bond motifs is 1. The van der Waals surface area contributed by atoms with Gasteiger partial charge in [0.1, 0.15) is 23.1 Å². The predicted octanol–water partition coefficient (Wildman–Crippen LogP) is 2.64. The summed E-state index contributed by atoms with van der Waals surface area (Å²) in [6, 6.07) is 10.2. The van der Waals surface area contributed by atoms with Crippen LogP contribution in [-0.2, 0) is 0 Å². The maximum absolute atomic E-state index is 12.8. The number of nitriles is 1. The second-order valence-corrected chi connectivity index (χ2v) is 3.76. The van der Waals surface area contributed by atoms with Gasteiger partial charge in [0.15, 0.2) is 5.82 Å². The molecule has 0 aliphatic rings. The maximum atomic E-state index is 12.8. The van der Waals surface area contributed by atoms with Gasteiger partial charge in [-0.1, -0.05) is 6.07 Å². The van der Waals surface area contributed by atoms with Crippen molar-refractivity contribution in [2.24, 2.45) is 0 Å². The topological polar surface area (TPSA) is 65.4 Å². The molecule has 1 N–H and O–H groups in total. The average Bonchev–Trinajstić information content (AvgIpc) is 2.83. The van der Waals surface area contributed by atoms with Crippen LogP contribution >= 0.6 is 0 Å². The molecule has 0 aliphatic carbocycles. The molecule has 86 valence electrons. The Morgan fingerprint density at radius 2 is 2.11 bits per heavy atom. The smallest absolute Gasteiger partial charge is 0.157 e. The van der Waals surface area contributed by atoms with Gasteiger partial charge in [-0.25, -0.2) is 14.4 Å². The van der Waals surface area contributed by atoms with Crippen LogP contribution in [0.5, 0.6) is 0 Å². The number of halogens is 1. The van der Waals surface area contributed by atoms with E-state index in [1.54, 1.807) is 18.2 Å². The van der Waals surface area contributed by atoms with Crippen LogP contribution in [0.2, 0.25) is 0 Å². The summed E-state index contributed by atoms with van der Waals surface area (Å²) >= 11 is 0. The van der Waals surface area contributed by atoms with E-state index in [0.717, 1.165) is 11.7 Å². The SMILES string of the molecule is N#Cc1cccc2[nH]c(-c3ccc(F)cn3)nc12. The number of hydrogen-bond acceptors (Lipinski definition) is 3. The first-order valence-corrected chi connectivity index (χ1v) is 5.28. The zero-order valence-corrected chi connectivity index (χ0v) is 9.18. The molecule has 0 atom stereocenters. The van der Waals surface area contributed by atoms with E-state index in [4.69, 9.17) is 5.26 Å². The van der Waals surface area contributed by atoms with Crippen molar-refractivity contribution in [3.8, 4) is 17.6 Å². The normalized spacial score (nSPS) is 10.4. The summed E-state index contributed by atoms with van der Waals surface area (Å²) < 4.78 is 12.8. The van der Waals surface area contributed by atoms with Crippen LogP contribution < -0.4 is 0 Å². The molecule has 1 aromatic carbocycles. The van der Waals surface area contributed by atoms with Gasteiger partial charge < -0.3 is 4.98 Å². The van der Waals surface area contributed by atoms with Gasteiger partial charge in [0.25, 0.3) is 0 Å². The molecule has 3 aromatic rings. The Labute approximate surface area is 102 Å². The Bertz CT molecular complexity index is 753. The van der Waals surface area contributed by atoms with Crippen LogP contribution in [0.25, 0.3) is 22.6 Å². The van der Waals surface area contributed by atoms with E-state index in [1.807, 2.05) is 6.07 Å². The van der Waals surface area contributed by atoms with E-state index in [-0.39, 0.29) is 0 Å². The molecular formula is C13H7FN4. The Balaban J connectivity index is 2.20. The molecule has 0 unspecified atom stereocenters. The third-order valence-electron chi connectivity index (χ3n) is 2.60. The molecule has 2 heterocycles. The van der Waals surface area contributed by atoms with Crippen molar-refractivity contribution >= 4 is 11.0 Å². The third-order valence-corrected chi connectivity index (χ3v) is 2.60. The fourth-order valence-electron chi connectivity index (χ4n) is 1.76. The third kappa shape index (κ3) is 1.60. The van der Waals surface area contributed by atoms with Gasteiger partial charge >= 0.3 is 0 Å².